The minimum Gasteiger partial charge on any atom is -0.455 e. The molecule has 3 aliphatic heterocycles. The van der Waals surface area contributed by atoms with E-state index in [2.05, 4.69) is 20.1 Å². The Morgan fingerprint density at radius 1 is 1.17 bits per heavy atom. The number of unbranched alkanes of at least 4 members (excludes halogenated alkanes) is 2. The lowest BCUT2D eigenvalue weighted by atomic mass is 9.70. The fourth-order valence-corrected chi connectivity index (χ4v) is 7.74. The standard InChI is InChI=1S/C37H53N3O7/c1-7-11-16-23-39(22-9-3)35(44)33-37-21-20-28(47-37)30(31(37)34(43)40(33)27(10-4)24-41)36(45)46-32(26-17-14-13-15-18-26)25(5)38(6)29(42)19-12-8-2/h8-9,13-15,17-18,25,27-28,30-33,41H,2-3,7,10-12,16,19-24H2,1,4-6H3/t25-,27+,28+,30-,31-,32+,33+,37-/m1/s1. The van der Waals surface area contributed by atoms with Crippen LogP contribution in [0.3, 0.4) is 0 Å². The second kappa shape index (κ2) is 16.1. The van der Waals surface area contributed by atoms with Gasteiger partial charge in [-0.15, -0.1) is 13.2 Å². The summed E-state index contributed by atoms with van der Waals surface area (Å²) in [7, 11) is 1.69. The summed E-state index contributed by atoms with van der Waals surface area (Å²) >= 11 is 0. The summed E-state index contributed by atoms with van der Waals surface area (Å²) in [6, 6.07) is 7.18. The van der Waals surface area contributed by atoms with Crippen LogP contribution >= 0.6 is 0 Å². The second-order valence-electron chi connectivity index (χ2n) is 13.2. The van der Waals surface area contributed by atoms with Gasteiger partial charge in [0.1, 0.15) is 17.7 Å². The average molecular weight is 652 g/mol. The summed E-state index contributed by atoms with van der Waals surface area (Å²) in [6.07, 6.45) is 6.95. The number of amides is 3. The van der Waals surface area contributed by atoms with Gasteiger partial charge in [-0.3, -0.25) is 19.2 Å². The van der Waals surface area contributed by atoms with Crippen LogP contribution in [-0.4, -0.2) is 100 Å². The summed E-state index contributed by atoms with van der Waals surface area (Å²) in [6.45, 7) is 13.9. The van der Waals surface area contributed by atoms with Gasteiger partial charge in [0.05, 0.1) is 36.6 Å². The van der Waals surface area contributed by atoms with Gasteiger partial charge in [0.25, 0.3) is 0 Å². The summed E-state index contributed by atoms with van der Waals surface area (Å²) in [4.78, 5) is 61.0. The van der Waals surface area contributed by atoms with Crippen molar-refractivity contribution in [2.45, 2.75) is 108 Å². The molecule has 47 heavy (non-hydrogen) atoms. The third kappa shape index (κ3) is 7.04. The highest BCUT2D eigenvalue weighted by Crippen LogP contribution is 2.59. The largest absolute Gasteiger partial charge is 0.455 e. The summed E-state index contributed by atoms with van der Waals surface area (Å²) < 4.78 is 12.9. The number of rotatable bonds is 18. The Hall–Kier alpha value is -3.50. The quantitative estimate of drug-likeness (QED) is 0.142. The number of hydrogen-bond donors (Lipinski definition) is 1. The van der Waals surface area contributed by atoms with E-state index in [-0.39, 0.29) is 30.7 Å². The molecule has 0 saturated carbocycles. The summed E-state index contributed by atoms with van der Waals surface area (Å²) in [5.41, 5.74) is -0.484. The molecule has 4 rings (SSSR count). The van der Waals surface area contributed by atoms with Crippen molar-refractivity contribution in [3.8, 4) is 0 Å². The molecular weight excluding hydrogens is 598 g/mol. The molecule has 1 aromatic carbocycles. The zero-order valence-corrected chi connectivity index (χ0v) is 28.5. The minimum atomic E-state index is -1.21. The number of fused-ring (bicyclic) bond motifs is 1. The normalized spacial score (nSPS) is 26.3. The maximum atomic E-state index is 14.5. The van der Waals surface area contributed by atoms with Crippen molar-refractivity contribution in [3.05, 3.63) is 61.2 Å². The number of carbonyl (C=O) groups excluding carboxylic acids is 4. The van der Waals surface area contributed by atoms with E-state index in [9.17, 15) is 24.3 Å². The van der Waals surface area contributed by atoms with Crippen molar-refractivity contribution in [1.82, 2.24) is 14.7 Å². The monoisotopic (exact) mass is 651 g/mol. The molecule has 258 valence electrons. The van der Waals surface area contributed by atoms with E-state index in [0.29, 0.717) is 38.8 Å². The Labute approximate surface area is 279 Å². The van der Waals surface area contributed by atoms with Gasteiger partial charge in [-0.1, -0.05) is 69.2 Å². The number of nitrogens with zero attached hydrogens (tertiary/aromatic N) is 3. The van der Waals surface area contributed by atoms with E-state index in [4.69, 9.17) is 9.47 Å². The third-order valence-corrected chi connectivity index (χ3v) is 10.4. The number of hydrogen-bond acceptors (Lipinski definition) is 7. The molecule has 3 heterocycles. The minimum absolute atomic E-state index is 0.0998. The van der Waals surface area contributed by atoms with Crippen LogP contribution in [0.1, 0.15) is 83.8 Å². The number of allylic oxidation sites excluding steroid dienone is 1. The Balaban J connectivity index is 1.69. The van der Waals surface area contributed by atoms with Crippen molar-refractivity contribution < 1.29 is 33.8 Å². The molecule has 1 aromatic rings. The van der Waals surface area contributed by atoms with Gasteiger partial charge in [0.2, 0.25) is 17.7 Å². The van der Waals surface area contributed by atoms with Gasteiger partial charge < -0.3 is 29.3 Å². The van der Waals surface area contributed by atoms with Crippen LogP contribution < -0.4 is 0 Å². The van der Waals surface area contributed by atoms with E-state index in [1.54, 1.807) is 29.0 Å². The lowest BCUT2D eigenvalue weighted by Gasteiger charge is -2.39. The smallest absolute Gasteiger partial charge is 0.313 e. The van der Waals surface area contributed by atoms with Crippen molar-refractivity contribution in [2.75, 3.05) is 26.7 Å². The molecule has 3 aliphatic rings. The predicted molar refractivity (Wildman–Crippen MR) is 179 cm³/mol. The van der Waals surface area contributed by atoms with E-state index >= 15 is 0 Å². The van der Waals surface area contributed by atoms with Gasteiger partial charge in [-0.25, -0.2) is 0 Å². The van der Waals surface area contributed by atoms with E-state index in [1.165, 1.54) is 4.90 Å². The fourth-order valence-electron chi connectivity index (χ4n) is 7.74. The molecule has 1 spiro atoms. The third-order valence-electron chi connectivity index (χ3n) is 10.4. The molecule has 8 atom stereocenters. The Morgan fingerprint density at radius 2 is 1.89 bits per heavy atom. The first-order valence-corrected chi connectivity index (χ1v) is 17.2. The molecule has 0 unspecified atom stereocenters. The molecule has 3 fully saturated rings. The number of likely N-dealkylation sites (tertiary alicyclic amines) is 1. The lowest BCUT2D eigenvalue weighted by Crippen LogP contribution is -2.58. The van der Waals surface area contributed by atoms with Crippen LogP contribution in [0, 0.1) is 11.8 Å². The van der Waals surface area contributed by atoms with Crippen LogP contribution in [0.5, 0.6) is 0 Å². The second-order valence-corrected chi connectivity index (χ2v) is 13.2. The van der Waals surface area contributed by atoms with Crippen molar-refractivity contribution in [1.29, 1.82) is 0 Å². The van der Waals surface area contributed by atoms with Crippen LogP contribution in [0.4, 0.5) is 0 Å². The SMILES string of the molecule is C=CCCC(=O)N(C)[C@H](C)[C@H](OC(=O)[C@@H]1[C@@H]2CC[C@]3(O2)[C@H](C(=O)N(CC=C)CCCCC)N([C@@H](CC)CO)C(=O)[C@@H]13)c1ccccc1. The zero-order valence-electron chi connectivity index (χ0n) is 28.5. The first-order valence-electron chi connectivity index (χ1n) is 17.2. The number of carbonyl (C=O) groups is 4. The number of aliphatic hydroxyl groups excluding tert-OH is 1. The number of benzene rings is 1. The van der Waals surface area contributed by atoms with E-state index < -0.39 is 53.7 Å². The molecule has 10 nitrogen and oxygen atoms in total. The van der Waals surface area contributed by atoms with E-state index in [1.807, 2.05) is 44.2 Å². The predicted octanol–water partition coefficient (Wildman–Crippen LogP) is 4.43. The molecule has 2 bridgehead atoms. The average Bonchev–Trinajstić information content (AvgIpc) is 3.73. The molecular formula is C37H53N3O7. The first kappa shape index (κ1) is 36.3. The first-order chi connectivity index (χ1) is 22.6. The molecule has 0 radical (unpaired) electrons. The van der Waals surface area contributed by atoms with E-state index in [0.717, 1.165) is 24.8 Å². The van der Waals surface area contributed by atoms with Crippen molar-refractivity contribution in [3.63, 3.8) is 0 Å². The maximum absolute atomic E-state index is 14.5. The number of likely N-dealkylation sites (N-methyl/N-ethyl adjacent to an activating group) is 1. The highest BCUT2D eigenvalue weighted by molar-refractivity contribution is 5.98. The fraction of sp³-hybridized carbons (Fsp3) is 0.622. The van der Waals surface area contributed by atoms with Gasteiger partial charge in [-0.2, -0.15) is 0 Å². The number of aliphatic hydroxyl groups is 1. The molecule has 3 saturated heterocycles. The number of ether oxygens (including phenoxy) is 2. The Morgan fingerprint density at radius 3 is 2.51 bits per heavy atom. The van der Waals surface area contributed by atoms with Crippen molar-refractivity contribution >= 4 is 23.7 Å². The van der Waals surface area contributed by atoms with Gasteiger partial charge in [-0.05, 0) is 44.6 Å². The summed E-state index contributed by atoms with van der Waals surface area (Å²) in [5, 5.41) is 10.4. The highest BCUT2D eigenvalue weighted by atomic mass is 16.6. The Bertz CT molecular complexity index is 1280. The molecule has 0 aliphatic carbocycles. The lowest BCUT2D eigenvalue weighted by molar-refractivity contribution is -0.165. The maximum Gasteiger partial charge on any atom is 0.313 e. The topological polar surface area (TPSA) is 117 Å². The van der Waals surface area contributed by atoms with Gasteiger partial charge in [0, 0.05) is 26.6 Å². The molecule has 3 amide bonds. The molecule has 0 aromatic heterocycles. The van der Waals surface area contributed by atoms with Crippen LogP contribution in [0.2, 0.25) is 0 Å². The van der Waals surface area contributed by atoms with Crippen LogP contribution in [-0.2, 0) is 28.7 Å². The number of esters is 1. The van der Waals surface area contributed by atoms with Crippen LogP contribution in [0.25, 0.3) is 0 Å². The van der Waals surface area contributed by atoms with Crippen molar-refractivity contribution in [2.24, 2.45) is 11.8 Å². The van der Waals surface area contributed by atoms with Gasteiger partial charge >= 0.3 is 5.97 Å². The van der Waals surface area contributed by atoms with Crippen LogP contribution in [0.15, 0.2) is 55.6 Å². The Kier molecular flexibility index (Phi) is 12.4. The zero-order chi connectivity index (χ0) is 34.3. The molecule has 1 N–H and O–H groups in total. The molecule has 10 heteroatoms. The summed E-state index contributed by atoms with van der Waals surface area (Å²) in [5.74, 6) is -3.14. The van der Waals surface area contributed by atoms with Gasteiger partial charge in [0.15, 0.2) is 0 Å². The highest BCUT2D eigenvalue weighted by Gasteiger charge is 2.75.